The number of ether oxygens (including phenoxy) is 4. The lowest BCUT2D eigenvalue weighted by Gasteiger charge is -2.12. The smallest absolute Gasteiger partial charge is 0.161 e. The Hall–Kier alpha value is -2.17. The van der Waals surface area contributed by atoms with Crippen molar-refractivity contribution in [1.82, 2.24) is 0 Å². The summed E-state index contributed by atoms with van der Waals surface area (Å²) in [5.74, 6) is 2.09. The first kappa shape index (κ1) is 20.1. The van der Waals surface area contributed by atoms with E-state index < -0.39 is 0 Å². The van der Waals surface area contributed by atoms with Crippen LogP contribution in [0.5, 0.6) is 17.2 Å². The van der Waals surface area contributed by atoms with Crippen LogP contribution in [0.3, 0.4) is 0 Å². The average Bonchev–Trinajstić information content (AvgIpc) is 2.64. The summed E-state index contributed by atoms with van der Waals surface area (Å²) in [5.41, 5.74) is 2.24. The highest BCUT2D eigenvalue weighted by atomic mass is 35.5. The van der Waals surface area contributed by atoms with Crippen molar-refractivity contribution >= 4 is 11.6 Å². The van der Waals surface area contributed by atoms with Crippen molar-refractivity contribution in [2.45, 2.75) is 13.3 Å². The van der Waals surface area contributed by atoms with E-state index in [0.717, 1.165) is 17.5 Å². The fourth-order valence-corrected chi connectivity index (χ4v) is 2.54. The molecular weight excluding hydrogens is 352 g/mol. The Kier molecular flexibility index (Phi) is 8.32. The van der Waals surface area contributed by atoms with E-state index in [-0.39, 0.29) is 0 Å². The Morgan fingerprint density at radius 3 is 2.35 bits per heavy atom. The number of aryl methyl sites for hydroxylation is 1. The number of rotatable bonds is 11. The van der Waals surface area contributed by atoms with E-state index in [0.29, 0.717) is 48.7 Å². The lowest BCUT2D eigenvalue weighted by molar-refractivity contribution is 0.0757. The molecule has 0 spiro atoms. The normalized spacial score (nSPS) is 10.4. The minimum atomic E-state index is 0.433. The van der Waals surface area contributed by atoms with Gasteiger partial charge in [0, 0.05) is 0 Å². The molecule has 0 saturated heterocycles. The SMILES string of the molecule is C=CCc1ccc(OCCOCCOc2cc(C)ccc2Cl)c(OC)c1. The third-order valence-electron chi connectivity index (χ3n) is 3.67. The fourth-order valence-electron chi connectivity index (χ4n) is 2.37. The Balaban J connectivity index is 1.67. The number of benzene rings is 2. The van der Waals surface area contributed by atoms with Crippen molar-refractivity contribution in [3.8, 4) is 17.2 Å². The van der Waals surface area contributed by atoms with Gasteiger partial charge in [0.2, 0.25) is 0 Å². The summed E-state index contributed by atoms with van der Waals surface area (Å²) in [6.07, 6.45) is 2.65. The van der Waals surface area contributed by atoms with E-state index in [1.165, 1.54) is 0 Å². The largest absolute Gasteiger partial charge is 0.493 e. The molecule has 0 aliphatic heterocycles. The van der Waals surface area contributed by atoms with Gasteiger partial charge in [-0.2, -0.15) is 0 Å². The first-order valence-corrected chi connectivity index (χ1v) is 8.89. The first-order chi connectivity index (χ1) is 12.6. The van der Waals surface area contributed by atoms with Crippen LogP contribution in [-0.4, -0.2) is 33.5 Å². The molecule has 140 valence electrons. The maximum atomic E-state index is 6.08. The fraction of sp³-hybridized carbons (Fsp3) is 0.333. The number of methoxy groups -OCH3 is 1. The van der Waals surface area contributed by atoms with Crippen LogP contribution in [0.4, 0.5) is 0 Å². The second kappa shape index (κ2) is 10.7. The van der Waals surface area contributed by atoms with Crippen molar-refractivity contribution in [2.24, 2.45) is 0 Å². The lowest BCUT2D eigenvalue weighted by atomic mass is 10.1. The summed E-state index contributed by atoms with van der Waals surface area (Å²) >= 11 is 6.08. The van der Waals surface area contributed by atoms with Gasteiger partial charge in [-0.25, -0.2) is 0 Å². The molecule has 0 atom stereocenters. The molecule has 0 N–H and O–H groups in total. The average molecular weight is 377 g/mol. The van der Waals surface area contributed by atoms with Crippen LogP contribution in [0.25, 0.3) is 0 Å². The van der Waals surface area contributed by atoms with E-state index in [1.54, 1.807) is 7.11 Å². The van der Waals surface area contributed by atoms with Gasteiger partial charge in [-0.05, 0) is 48.7 Å². The Morgan fingerprint density at radius 2 is 1.65 bits per heavy atom. The molecule has 4 nitrogen and oxygen atoms in total. The molecule has 0 aliphatic carbocycles. The summed E-state index contributed by atoms with van der Waals surface area (Å²) in [7, 11) is 1.63. The molecular formula is C21H25ClO4. The predicted octanol–water partition coefficient (Wildman–Crippen LogP) is 4.86. The van der Waals surface area contributed by atoms with Crippen LogP contribution in [-0.2, 0) is 11.2 Å². The van der Waals surface area contributed by atoms with E-state index in [1.807, 2.05) is 49.4 Å². The number of halogens is 1. The number of allylic oxidation sites excluding steroid dienone is 1. The Labute approximate surface area is 160 Å². The molecule has 2 rings (SSSR count). The monoisotopic (exact) mass is 376 g/mol. The maximum absolute atomic E-state index is 6.08. The van der Waals surface area contributed by atoms with Crippen molar-refractivity contribution < 1.29 is 18.9 Å². The van der Waals surface area contributed by atoms with Gasteiger partial charge in [0.05, 0.1) is 25.3 Å². The first-order valence-electron chi connectivity index (χ1n) is 8.51. The van der Waals surface area contributed by atoms with Crippen molar-refractivity contribution in [3.63, 3.8) is 0 Å². The zero-order valence-corrected chi connectivity index (χ0v) is 16.1. The standard InChI is InChI=1S/C21H25ClO4/c1-4-5-17-7-9-19(21(15-17)23-3)25-12-10-24-11-13-26-20-14-16(2)6-8-18(20)22/h4,6-9,14-15H,1,5,10-13H2,2-3H3. The Morgan fingerprint density at radius 1 is 0.923 bits per heavy atom. The van der Waals surface area contributed by atoms with Gasteiger partial charge >= 0.3 is 0 Å². The molecule has 26 heavy (non-hydrogen) atoms. The summed E-state index contributed by atoms with van der Waals surface area (Å²) in [6, 6.07) is 11.5. The third kappa shape index (κ3) is 6.28. The van der Waals surface area contributed by atoms with E-state index >= 15 is 0 Å². The van der Waals surface area contributed by atoms with Crippen LogP contribution >= 0.6 is 11.6 Å². The highest BCUT2D eigenvalue weighted by molar-refractivity contribution is 6.32. The number of hydrogen-bond donors (Lipinski definition) is 0. The molecule has 0 fully saturated rings. The van der Waals surface area contributed by atoms with Gasteiger partial charge in [-0.15, -0.1) is 6.58 Å². The van der Waals surface area contributed by atoms with E-state index in [9.17, 15) is 0 Å². The zero-order chi connectivity index (χ0) is 18.8. The summed E-state index contributed by atoms with van der Waals surface area (Å²) in [5, 5.41) is 0.603. The van der Waals surface area contributed by atoms with Gasteiger partial charge in [0.15, 0.2) is 11.5 Å². The van der Waals surface area contributed by atoms with Crippen molar-refractivity contribution in [2.75, 3.05) is 33.5 Å². The third-order valence-corrected chi connectivity index (χ3v) is 3.98. The van der Waals surface area contributed by atoms with Crippen LogP contribution in [0.1, 0.15) is 11.1 Å². The molecule has 2 aromatic carbocycles. The molecule has 0 saturated carbocycles. The molecule has 0 bridgehead atoms. The predicted molar refractivity (Wildman–Crippen MR) is 105 cm³/mol. The highest BCUT2D eigenvalue weighted by Crippen LogP contribution is 2.28. The van der Waals surface area contributed by atoms with E-state index in [4.69, 9.17) is 30.5 Å². The van der Waals surface area contributed by atoms with Gasteiger partial charge in [-0.3, -0.25) is 0 Å². The molecule has 0 heterocycles. The van der Waals surface area contributed by atoms with Gasteiger partial charge < -0.3 is 18.9 Å². The molecule has 0 radical (unpaired) electrons. The minimum Gasteiger partial charge on any atom is -0.493 e. The van der Waals surface area contributed by atoms with Gasteiger partial charge in [0.1, 0.15) is 19.0 Å². The van der Waals surface area contributed by atoms with Crippen LogP contribution < -0.4 is 14.2 Å². The second-order valence-corrected chi connectivity index (χ2v) is 6.13. The summed E-state index contributed by atoms with van der Waals surface area (Å²) in [4.78, 5) is 0. The van der Waals surface area contributed by atoms with E-state index in [2.05, 4.69) is 6.58 Å². The minimum absolute atomic E-state index is 0.433. The van der Waals surface area contributed by atoms with Gasteiger partial charge in [0.25, 0.3) is 0 Å². The number of hydrogen-bond acceptors (Lipinski definition) is 4. The zero-order valence-electron chi connectivity index (χ0n) is 15.3. The van der Waals surface area contributed by atoms with Crippen molar-refractivity contribution in [3.05, 3.63) is 65.2 Å². The molecule has 5 heteroatoms. The van der Waals surface area contributed by atoms with Crippen molar-refractivity contribution in [1.29, 1.82) is 0 Å². The second-order valence-electron chi connectivity index (χ2n) is 5.72. The topological polar surface area (TPSA) is 36.9 Å². The molecule has 0 aliphatic rings. The van der Waals surface area contributed by atoms with Crippen LogP contribution in [0, 0.1) is 6.92 Å². The summed E-state index contributed by atoms with van der Waals surface area (Å²) < 4.78 is 22.3. The Bertz CT molecular complexity index is 715. The quantitative estimate of drug-likeness (QED) is 0.414. The van der Waals surface area contributed by atoms with Crippen LogP contribution in [0.15, 0.2) is 49.1 Å². The maximum Gasteiger partial charge on any atom is 0.161 e. The molecule has 0 unspecified atom stereocenters. The molecule has 0 amide bonds. The van der Waals surface area contributed by atoms with Gasteiger partial charge in [-0.1, -0.05) is 29.8 Å². The highest BCUT2D eigenvalue weighted by Gasteiger charge is 2.05. The molecule has 0 aromatic heterocycles. The summed E-state index contributed by atoms with van der Waals surface area (Å²) in [6.45, 7) is 7.52. The van der Waals surface area contributed by atoms with Crippen LogP contribution in [0.2, 0.25) is 5.02 Å². The molecule has 2 aromatic rings. The lowest BCUT2D eigenvalue weighted by Crippen LogP contribution is -2.12.